The molecule has 0 unspecified atom stereocenters. The highest BCUT2D eigenvalue weighted by molar-refractivity contribution is 6.25. The summed E-state index contributed by atoms with van der Waals surface area (Å²) in [5, 5.41) is 7.54. The Morgan fingerprint density at radius 2 is 1.08 bits per heavy atom. The van der Waals surface area contributed by atoms with Crippen LogP contribution >= 0.6 is 0 Å². The van der Waals surface area contributed by atoms with E-state index < -0.39 is 0 Å². The SMILES string of the molecule is c1ccc(-c2cc3oc4c(-c5ccccc5)nc(-n5c6ccccc6c6c7oc8ccccc8c7ccc65)nc4c3c3ccccc23)cc1. The summed E-state index contributed by atoms with van der Waals surface area (Å²) in [5.41, 5.74) is 9.93. The van der Waals surface area contributed by atoms with Crippen molar-refractivity contribution in [3.63, 3.8) is 0 Å². The number of furan rings is 2. The van der Waals surface area contributed by atoms with Crippen LogP contribution in [0.15, 0.2) is 160 Å². The molecule has 0 aliphatic carbocycles. The number of nitrogens with zero attached hydrogens (tertiary/aromatic N) is 3. The predicted octanol–water partition coefficient (Wildman–Crippen LogP) is 11.9. The highest BCUT2D eigenvalue weighted by Crippen LogP contribution is 2.44. The van der Waals surface area contributed by atoms with Crippen molar-refractivity contribution >= 4 is 76.6 Å². The average molecular weight is 628 g/mol. The third kappa shape index (κ3) is 3.70. The van der Waals surface area contributed by atoms with Crippen molar-refractivity contribution < 1.29 is 8.83 Å². The number of benzene rings is 7. The van der Waals surface area contributed by atoms with Crippen molar-refractivity contribution in [2.75, 3.05) is 0 Å². The van der Waals surface area contributed by atoms with Gasteiger partial charge in [-0.05, 0) is 52.2 Å². The second kappa shape index (κ2) is 9.89. The Labute approximate surface area is 279 Å². The minimum Gasteiger partial charge on any atom is -0.455 e. The maximum atomic E-state index is 6.80. The van der Waals surface area contributed by atoms with Crippen molar-refractivity contribution in [2.45, 2.75) is 0 Å². The molecule has 0 N–H and O–H groups in total. The molecule has 0 spiro atoms. The molecule has 0 aliphatic rings. The van der Waals surface area contributed by atoms with E-state index in [1.165, 1.54) is 0 Å². The van der Waals surface area contributed by atoms with Gasteiger partial charge in [-0.15, -0.1) is 0 Å². The fourth-order valence-electron chi connectivity index (χ4n) is 7.69. The Morgan fingerprint density at radius 1 is 0.429 bits per heavy atom. The van der Waals surface area contributed by atoms with E-state index in [4.69, 9.17) is 18.8 Å². The van der Waals surface area contributed by atoms with Crippen LogP contribution in [0.2, 0.25) is 0 Å². The van der Waals surface area contributed by atoms with Crippen molar-refractivity contribution in [3.05, 3.63) is 152 Å². The van der Waals surface area contributed by atoms with Gasteiger partial charge in [0.25, 0.3) is 0 Å². The first-order valence-corrected chi connectivity index (χ1v) is 16.4. The van der Waals surface area contributed by atoms with E-state index in [9.17, 15) is 0 Å². The molecule has 4 heterocycles. The first-order valence-electron chi connectivity index (χ1n) is 16.4. The van der Waals surface area contributed by atoms with Crippen LogP contribution in [0, 0.1) is 0 Å². The van der Waals surface area contributed by atoms with E-state index in [2.05, 4.69) is 120 Å². The number of aromatic nitrogens is 3. The fraction of sp³-hybridized carbons (Fsp3) is 0. The number of hydrogen-bond donors (Lipinski definition) is 0. The van der Waals surface area contributed by atoms with Crippen molar-refractivity contribution in [1.29, 1.82) is 0 Å². The van der Waals surface area contributed by atoms with E-state index in [0.717, 1.165) is 93.4 Å². The van der Waals surface area contributed by atoms with Gasteiger partial charge in [0.05, 0.1) is 21.8 Å². The highest BCUT2D eigenvalue weighted by atomic mass is 16.3. The lowest BCUT2D eigenvalue weighted by molar-refractivity contribution is 0.667. The third-order valence-electron chi connectivity index (χ3n) is 9.82. The van der Waals surface area contributed by atoms with Crippen LogP contribution in [0.4, 0.5) is 0 Å². The molecule has 11 rings (SSSR count). The van der Waals surface area contributed by atoms with Crippen molar-refractivity contribution in [1.82, 2.24) is 14.5 Å². The Hall–Kier alpha value is -6.72. The summed E-state index contributed by atoms with van der Waals surface area (Å²) in [6.07, 6.45) is 0. The highest BCUT2D eigenvalue weighted by Gasteiger charge is 2.24. The normalized spacial score (nSPS) is 12.1. The summed E-state index contributed by atoms with van der Waals surface area (Å²) >= 11 is 0. The summed E-state index contributed by atoms with van der Waals surface area (Å²) in [6, 6.07) is 52.4. The van der Waals surface area contributed by atoms with E-state index in [0.29, 0.717) is 11.5 Å². The van der Waals surface area contributed by atoms with Gasteiger partial charge < -0.3 is 8.83 Å². The number of rotatable bonds is 3. The van der Waals surface area contributed by atoms with Crippen LogP contribution < -0.4 is 0 Å². The average Bonchev–Trinajstić information content (AvgIpc) is 3.84. The molecule has 0 bridgehead atoms. The summed E-state index contributed by atoms with van der Waals surface area (Å²) in [4.78, 5) is 10.7. The van der Waals surface area contributed by atoms with Gasteiger partial charge in [-0.1, -0.05) is 121 Å². The lowest BCUT2D eigenvalue weighted by Crippen LogP contribution is -2.02. The number of para-hydroxylation sites is 2. The summed E-state index contributed by atoms with van der Waals surface area (Å²) in [7, 11) is 0. The topological polar surface area (TPSA) is 57.0 Å². The van der Waals surface area contributed by atoms with E-state index in [1.807, 2.05) is 36.4 Å². The van der Waals surface area contributed by atoms with Gasteiger partial charge in [0.15, 0.2) is 5.58 Å². The molecule has 5 nitrogen and oxygen atoms in total. The van der Waals surface area contributed by atoms with Gasteiger partial charge >= 0.3 is 0 Å². The third-order valence-corrected chi connectivity index (χ3v) is 9.82. The Morgan fingerprint density at radius 3 is 1.90 bits per heavy atom. The van der Waals surface area contributed by atoms with Crippen molar-refractivity contribution in [2.24, 2.45) is 0 Å². The summed E-state index contributed by atoms with van der Waals surface area (Å²) in [6.45, 7) is 0. The molecule has 4 aromatic heterocycles. The molecule has 0 amide bonds. The minimum absolute atomic E-state index is 0.576. The zero-order valence-corrected chi connectivity index (χ0v) is 26.1. The Bertz CT molecular complexity index is 3100. The minimum atomic E-state index is 0.576. The largest absolute Gasteiger partial charge is 0.455 e. The molecule has 0 atom stereocenters. The Balaban J connectivity index is 1.29. The zero-order chi connectivity index (χ0) is 32.1. The van der Waals surface area contributed by atoms with Crippen LogP contribution in [0.1, 0.15) is 0 Å². The van der Waals surface area contributed by atoms with E-state index >= 15 is 0 Å². The van der Waals surface area contributed by atoms with Crippen LogP contribution in [0.3, 0.4) is 0 Å². The molecule has 11 aromatic rings. The smallest absolute Gasteiger partial charge is 0.236 e. The van der Waals surface area contributed by atoms with Crippen LogP contribution in [0.5, 0.6) is 0 Å². The molecular weight excluding hydrogens is 603 g/mol. The molecule has 0 saturated carbocycles. The van der Waals surface area contributed by atoms with Crippen LogP contribution in [0.25, 0.3) is 105 Å². The van der Waals surface area contributed by atoms with Gasteiger partial charge in [0, 0.05) is 21.7 Å². The molecule has 5 heteroatoms. The quantitative estimate of drug-likeness (QED) is 0.196. The summed E-state index contributed by atoms with van der Waals surface area (Å²) < 4.78 is 15.5. The Kier molecular flexibility index (Phi) is 5.32. The lowest BCUT2D eigenvalue weighted by Gasteiger charge is -2.10. The molecule has 7 aromatic carbocycles. The first-order chi connectivity index (χ1) is 24.3. The van der Waals surface area contributed by atoms with E-state index in [-0.39, 0.29) is 0 Å². The first kappa shape index (κ1) is 26.4. The lowest BCUT2D eigenvalue weighted by atomic mass is 9.95. The second-order valence-electron chi connectivity index (χ2n) is 12.5. The molecule has 228 valence electrons. The van der Waals surface area contributed by atoms with Gasteiger partial charge in [-0.25, -0.2) is 9.97 Å². The van der Waals surface area contributed by atoms with Crippen LogP contribution in [-0.2, 0) is 0 Å². The number of hydrogen-bond acceptors (Lipinski definition) is 4. The van der Waals surface area contributed by atoms with Gasteiger partial charge in [-0.2, -0.15) is 0 Å². The molecule has 0 fully saturated rings. The maximum absolute atomic E-state index is 6.80. The second-order valence-corrected chi connectivity index (χ2v) is 12.5. The monoisotopic (exact) mass is 627 g/mol. The molecular formula is C44H25N3O2. The summed E-state index contributed by atoms with van der Waals surface area (Å²) in [5.74, 6) is 0.576. The zero-order valence-electron chi connectivity index (χ0n) is 26.1. The molecule has 0 radical (unpaired) electrons. The van der Waals surface area contributed by atoms with Gasteiger partial charge in [0.2, 0.25) is 5.95 Å². The molecule has 0 aliphatic heterocycles. The van der Waals surface area contributed by atoms with Crippen molar-refractivity contribution in [3.8, 4) is 28.3 Å². The van der Waals surface area contributed by atoms with Gasteiger partial charge in [-0.3, -0.25) is 4.57 Å². The maximum Gasteiger partial charge on any atom is 0.236 e. The predicted molar refractivity (Wildman–Crippen MR) is 199 cm³/mol. The molecule has 0 saturated heterocycles. The number of fused-ring (bicyclic) bond motifs is 12. The van der Waals surface area contributed by atoms with E-state index in [1.54, 1.807) is 0 Å². The fourth-order valence-corrected chi connectivity index (χ4v) is 7.69. The standard InChI is InChI=1S/C44H25N3O2/c1-3-13-26(14-4-1)33-25-37-39(30-19-8-7-17-28(30)33)41-43(49-37)40(27-15-5-2-6-16-27)45-44(46-41)47-34-21-11-9-20-32(34)38-35(47)24-23-31-29-18-10-12-22-36(29)48-42(31)38/h1-25H. The molecule has 49 heavy (non-hydrogen) atoms. The van der Waals surface area contributed by atoms with Gasteiger partial charge in [0.1, 0.15) is 28.0 Å². The van der Waals surface area contributed by atoms with Crippen LogP contribution in [-0.4, -0.2) is 14.5 Å².